The molecule has 1 heterocycles. The largest absolute Gasteiger partial charge is 0.467 e. The predicted molar refractivity (Wildman–Crippen MR) is 168 cm³/mol. The Labute approximate surface area is 252 Å². The number of hydrogen-bond donors (Lipinski definition) is 0. The Hall–Kier alpha value is -0.393. The van der Waals surface area contributed by atoms with E-state index in [4.69, 9.17) is 13.9 Å². The number of esters is 1. The summed E-state index contributed by atoms with van der Waals surface area (Å²) in [4.78, 5) is 13.2. The molecule has 12 atom stereocenters. The summed E-state index contributed by atoms with van der Waals surface area (Å²) in [6, 6.07) is 3.45. The fourth-order valence-corrected chi connectivity index (χ4v) is 16.5. The lowest BCUT2D eigenvalue weighted by Crippen LogP contribution is -2.61. The Morgan fingerprint density at radius 3 is 2.10 bits per heavy atom. The van der Waals surface area contributed by atoms with Crippen molar-refractivity contribution >= 4 is 14.3 Å². The molecule has 0 aromatic rings. The van der Waals surface area contributed by atoms with Crippen LogP contribution in [0.25, 0.3) is 0 Å². The predicted octanol–water partition coefficient (Wildman–Crippen LogP) is 9.03. The van der Waals surface area contributed by atoms with Crippen molar-refractivity contribution in [1.29, 1.82) is 0 Å². The zero-order valence-corrected chi connectivity index (χ0v) is 29.5. The number of rotatable bonds is 6. The van der Waals surface area contributed by atoms with Crippen LogP contribution in [0.2, 0.25) is 18.1 Å². The van der Waals surface area contributed by atoms with Gasteiger partial charge in [0.2, 0.25) is 0 Å². The van der Waals surface area contributed by atoms with E-state index in [-0.39, 0.29) is 29.0 Å². The first-order chi connectivity index (χ1) is 19.1. The van der Waals surface area contributed by atoms with Crippen molar-refractivity contribution in [2.45, 2.75) is 157 Å². The molecule has 5 saturated carbocycles. The van der Waals surface area contributed by atoms with Gasteiger partial charge in [0.25, 0.3) is 0 Å². The van der Waals surface area contributed by atoms with Crippen molar-refractivity contribution in [3.05, 3.63) is 0 Å². The highest BCUT2D eigenvalue weighted by Gasteiger charge is 2.85. The third-order valence-corrected chi connectivity index (χ3v) is 21.1. The van der Waals surface area contributed by atoms with Crippen molar-refractivity contribution in [3.8, 4) is 0 Å². The molecule has 0 aromatic heterocycles. The zero-order valence-electron chi connectivity index (χ0n) is 28.5. The van der Waals surface area contributed by atoms with Crippen LogP contribution in [-0.4, -0.2) is 39.2 Å². The van der Waals surface area contributed by atoms with E-state index >= 15 is 0 Å². The molecule has 6 rings (SSSR count). The van der Waals surface area contributed by atoms with Crippen LogP contribution in [0.1, 0.15) is 121 Å². The number of ether oxygens (including phenoxy) is 2. The first-order valence-corrected chi connectivity index (χ1v) is 20.1. The lowest BCUT2D eigenvalue weighted by Gasteiger charge is -2.64. The Balaban J connectivity index is 1.48. The molecular weight excluding hydrogens is 524 g/mol. The molecule has 4 nitrogen and oxygen atoms in total. The molecular formula is C36H62O4Si. The molecule has 0 bridgehead atoms. The van der Waals surface area contributed by atoms with Crippen LogP contribution in [0, 0.1) is 56.7 Å². The molecule has 2 unspecified atom stereocenters. The minimum Gasteiger partial charge on any atom is -0.467 e. The van der Waals surface area contributed by atoms with E-state index in [1.165, 1.54) is 52.1 Å². The van der Waals surface area contributed by atoms with E-state index in [0.717, 1.165) is 36.4 Å². The van der Waals surface area contributed by atoms with E-state index in [2.05, 4.69) is 62.3 Å². The number of hydrogen-bond acceptors (Lipinski definition) is 4. The SMILES string of the molecule is CC[Si](CC)(CC)O[C@H]1[C@H]2O[C@@](C)(C(=O)OC)C[C@@H](C)C2[C@@]2(C)CC[C@@]34CC35CC[C@H](C)C(C)(C)[C@@H]5CC[C@H]4[C@]12C. The average Bonchev–Trinajstić information content (AvgIpc) is 3.56. The second-order valence-electron chi connectivity index (χ2n) is 17.4. The van der Waals surface area contributed by atoms with E-state index in [0.29, 0.717) is 34.0 Å². The second kappa shape index (κ2) is 9.32. The van der Waals surface area contributed by atoms with Crippen LogP contribution in [0.15, 0.2) is 0 Å². The maximum absolute atomic E-state index is 13.2. The number of methoxy groups -OCH3 is 1. The molecule has 5 heteroatoms. The summed E-state index contributed by atoms with van der Waals surface area (Å²) in [5.41, 5.74) is 0.749. The van der Waals surface area contributed by atoms with Gasteiger partial charge in [-0.25, -0.2) is 4.79 Å². The van der Waals surface area contributed by atoms with E-state index in [9.17, 15) is 4.79 Å². The zero-order chi connectivity index (χ0) is 30.0. The van der Waals surface area contributed by atoms with Gasteiger partial charge in [0.1, 0.15) is 0 Å². The fraction of sp³-hybridized carbons (Fsp3) is 0.972. The van der Waals surface area contributed by atoms with Crippen molar-refractivity contribution in [1.82, 2.24) is 0 Å². The molecule has 1 saturated heterocycles. The van der Waals surface area contributed by atoms with Crippen LogP contribution in [-0.2, 0) is 18.7 Å². The number of fused-ring (bicyclic) bond motifs is 4. The van der Waals surface area contributed by atoms with Gasteiger partial charge in [-0.05, 0) is 128 Å². The molecule has 6 fully saturated rings. The van der Waals surface area contributed by atoms with Crippen molar-refractivity contribution < 1.29 is 18.7 Å². The van der Waals surface area contributed by atoms with Crippen LogP contribution in [0.4, 0.5) is 0 Å². The summed E-state index contributed by atoms with van der Waals surface area (Å²) >= 11 is 0. The third kappa shape index (κ3) is 3.55. The van der Waals surface area contributed by atoms with Crippen LogP contribution in [0.3, 0.4) is 0 Å². The molecule has 0 aromatic carbocycles. The summed E-state index contributed by atoms with van der Waals surface area (Å²) < 4.78 is 20.3. The Bertz CT molecular complexity index is 1060. The van der Waals surface area contributed by atoms with E-state index in [1.807, 2.05) is 6.92 Å². The van der Waals surface area contributed by atoms with Crippen molar-refractivity contribution in [2.24, 2.45) is 56.7 Å². The molecule has 41 heavy (non-hydrogen) atoms. The van der Waals surface area contributed by atoms with Crippen LogP contribution < -0.4 is 0 Å². The second-order valence-corrected chi connectivity index (χ2v) is 22.2. The maximum atomic E-state index is 13.2. The highest BCUT2D eigenvalue weighted by molar-refractivity contribution is 6.73. The minimum absolute atomic E-state index is 0.0419. The molecule has 2 spiro atoms. The summed E-state index contributed by atoms with van der Waals surface area (Å²) in [5.74, 6) is 2.96. The Morgan fingerprint density at radius 2 is 1.49 bits per heavy atom. The number of carbonyl (C=O) groups is 1. The van der Waals surface area contributed by atoms with Gasteiger partial charge in [-0.2, -0.15) is 0 Å². The lowest BCUT2D eigenvalue weighted by atomic mass is 9.41. The van der Waals surface area contributed by atoms with Gasteiger partial charge < -0.3 is 13.9 Å². The minimum atomic E-state index is -1.95. The van der Waals surface area contributed by atoms with Gasteiger partial charge in [-0.15, -0.1) is 0 Å². The molecule has 0 amide bonds. The Morgan fingerprint density at radius 1 is 0.878 bits per heavy atom. The highest BCUT2D eigenvalue weighted by atomic mass is 28.4. The summed E-state index contributed by atoms with van der Waals surface area (Å²) in [5, 5.41) is 0. The molecule has 6 aliphatic rings. The summed E-state index contributed by atoms with van der Waals surface area (Å²) in [7, 11) is -0.434. The molecule has 0 radical (unpaired) electrons. The smallest absolute Gasteiger partial charge is 0.337 e. The van der Waals surface area contributed by atoms with Gasteiger partial charge in [-0.3, -0.25) is 0 Å². The summed E-state index contributed by atoms with van der Waals surface area (Å²) in [6.45, 7) is 24.6. The van der Waals surface area contributed by atoms with Gasteiger partial charge in [0.05, 0.1) is 19.3 Å². The van der Waals surface area contributed by atoms with Crippen molar-refractivity contribution in [3.63, 3.8) is 0 Å². The third-order valence-electron chi connectivity index (χ3n) is 16.4. The van der Waals surface area contributed by atoms with Gasteiger partial charge in [0, 0.05) is 5.41 Å². The van der Waals surface area contributed by atoms with Gasteiger partial charge >= 0.3 is 5.97 Å². The maximum Gasteiger partial charge on any atom is 0.337 e. The topological polar surface area (TPSA) is 44.8 Å². The van der Waals surface area contributed by atoms with Gasteiger partial charge in [0.15, 0.2) is 13.9 Å². The van der Waals surface area contributed by atoms with E-state index in [1.54, 1.807) is 0 Å². The van der Waals surface area contributed by atoms with Crippen LogP contribution in [0.5, 0.6) is 0 Å². The molecule has 234 valence electrons. The quantitative estimate of drug-likeness (QED) is 0.230. The standard InChI is InChI=1S/C36H62O4Si/c1-12-41(13-2,14-3)40-29-28-27(23(4)21-33(9,39-28)30(37)38-11)32(8)19-20-36-22-35(36)18-17-24(5)31(6,7)25(35)15-16-26(36)34(29,32)10/h23-29H,12-22H2,1-11H3/t23-,24+,25+,26+,27?,28+,29+,32-,33-,34-,35?,36+/m1/s1. The van der Waals surface area contributed by atoms with E-state index < -0.39 is 13.9 Å². The average molecular weight is 587 g/mol. The molecule has 5 aliphatic carbocycles. The summed E-state index contributed by atoms with van der Waals surface area (Å²) in [6.07, 6.45) is 10.4. The fourth-order valence-electron chi connectivity index (χ4n) is 13.6. The normalized spacial score (nSPS) is 53.3. The molecule has 0 N–H and O–H groups in total. The molecule has 1 aliphatic heterocycles. The lowest BCUT2D eigenvalue weighted by molar-refractivity contribution is -0.209. The van der Waals surface area contributed by atoms with Crippen molar-refractivity contribution in [2.75, 3.05) is 7.11 Å². The first kappa shape index (κ1) is 30.6. The Kier molecular flexibility index (Phi) is 6.96. The first-order valence-electron chi connectivity index (χ1n) is 17.6. The van der Waals surface area contributed by atoms with Crippen LogP contribution >= 0.6 is 0 Å². The highest BCUT2D eigenvalue weighted by Crippen LogP contribution is 2.89. The van der Waals surface area contributed by atoms with Gasteiger partial charge in [-0.1, -0.05) is 62.3 Å². The monoisotopic (exact) mass is 586 g/mol. The number of carbonyl (C=O) groups excluding carboxylic acids is 1.